The van der Waals surface area contributed by atoms with Crippen molar-refractivity contribution in [2.75, 3.05) is 33.2 Å². The zero-order valence-electron chi connectivity index (χ0n) is 16.2. The molecule has 0 aromatic carbocycles. The molecule has 1 aromatic rings. The van der Waals surface area contributed by atoms with E-state index in [0.29, 0.717) is 12.0 Å². The molecular weight excluding hydrogens is 310 g/mol. The van der Waals surface area contributed by atoms with Crippen molar-refractivity contribution in [2.24, 2.45) is 10.9 Å². The maximum Gasteiger partial charge on any atom is 0.191 e. The van der Waals surface area contributed by atoms with Crippen molar-refractivity contribution in [3.63, 3.8) is 0 Å². The molecule has 25 heavy (non-hydrogen) atoms. The normalized spacial score (nSPS) is 18.0. The van der Waals surface area contributed by atoms with Gasteiger partial charge in [-0.3, -0.25) is 14.9 Å². The van der Waals surface area contributed by atoms with Crippen LogP contribution in [0, 0.1) is 5.92 Å². The summed E-state index contributed by atoms with van der Waals surface area (Å²) in [7, 11) is 1.84. The first kappa shape index (κ1) is 19.7. The summed E-state index contributed by atoms with van der Waals surface area (Å²) in [4.78, 5) is 11.4. The molecule has 2 N–H and O–H groups in total. The standard InChI is InChI=1S/C20H35N5/c1-17(2)19(25-14-8-4-5-9-15-25)16-24-20(21-3)23-13-11-18-10-6-7-12-22-18/h6-7,10,12,17,19H,4-5,8-9,11,13-16H2,1-3H3,(H2,21,23,24). The Bertz CT molecular complexity index is 492. The van der Waals surface area contributed by atoms with Crippen molar-refractivity contribution in [3.05, 3.63) is 30.1 Å². The maximum atomic E-state index is 4.37. The summed E-state index contributed by atoms with van der Waals surface area (Å²) < 4.78 is 0. The smallest absolute Gasteiger partial charge is 0.191 e. The summed E-state index contributed by atoms with van der Waals surface area (Å²) in [5, 5.41) is 6.94. The molecule has 1 aliphatic heterocycles. The molecule has 0 spiro atoms. The minimum Gasteiger partial charge on any atom is -0.356 e. The predicted molar refractivity (Wildman–Crippen MR) is 106 cm³/mol. The van der Waals surface area contributed by atoms with E-state index in [0.717, 1.165) is 31.2 Å². The number of hydrogen-bond donors (Lipinski definition) is 2. The van der Waals surface area contributed by atoms with Crippen molar-refractivity contribution in [1.29, 1.82) is 0 Å². The van der Waals surface area contributed by atoms with E-state index in [-0.39, 0.29) is 0 Å². The Hall–Kier alpha value is -1.62. The van der Waals surface area contributed by atoms with Gasteiger partial charge < -0.3 is 10.6 Å². The zero-order valence-corrected chi connectivity index (χ0v) is 16.2. The molecule has 1 aromatic heterocycles. The summed E-state index contributed by atoms with van der Waals surface area (Å²) in [6.45, 7) is 8.91. The van der Waals surface area contributed by atoms with Gasteiger partial charge in [0.1, 0.15) is 0 Å². The number of likely N-dealkylation sites (tertiary alicyclic amines) is 1. The van der Waals surface area contributed by atoms with Crippen LogP contribution in [0.1, 0.15) is 45.2 Å². The van der Waals surface area contributed by atoms with Crippen LogP contribution in [-0.2, 0) is 6.42 Å². The number of aliphatic imine (C=N–C) groups is 1. The van der Waals surface area contributed by atoms with Crippen LogP contribution in [0.4, 0.5) is 0 Å². The van der Waals surface area contributed by atoms with E-state index < -0.39 is 0 Å². The van der Waals surface area contributed by atoms with Crippen molar-refractivity contribution >= 4 is 5.96 Å². The lowest BCUT2D eigenvalue weighted by Gasteiger charge is -2.34. The van der Waals surface area contributed by atoms with Gasteiger partial charge in [0.25, 0.3) is 0 Å². The van der Waals surface area contributed by atoms with E-state index >= 15 is 0 Å². The minimum absolute atomic E-state index is 0.562. The molecule has 1 saturated heterocycles. The Morgan fingerprint density at radius 2 is 1.92 bits per heavy atom. The maximum absolute atomic E-state index is 4.37. The van der Waals surface area contributed by atoms with E-state index in [9.17, 15) is 0 Å². The Labute approximate surface area is 153 Å². The first-order valence-electron chi connectivity index (χ1n) is 9.79. The SMILES string of the molecule is CN=C(NCCc1ccccn1)NCC(C(C)C)N1CCCCCC1. The van der Waals surface area contributed by atoms with Gasteiger partial charge in [0, 0.05) is 44.5 Å². The molecule has 140 valence electrons. The summed E-state index contributed by atoms with van der Waals surface area (Å²) in [6.07, 6.45) is 8.18. The van der Waals surface area contributed by atoms with Gasteiger partial charge >= 0.3 is 0 Å². The third kappa shape index (κ3) is 7.02. The highest BCUT2D eigenvalue weighted by molar-refractivity contribution is 5.79. The van der Waals surface area contributed by atoms with Crippen LogP contribution >= 0.6 is 0 Å². The first-order valence-corrected chi connectivity index (χ1v) is 9.79. The average Bonchev–Trinajstić information content (AvgIpc) is 2.90. The van der Waals surface area contributed by atoms with Gasteiger partial charge in [0.2, 0.25) is 0 Å². The van der Waals surface area contributed by atoms with Gasteiger partial charge in [-0.05, 0) is 44.0 Å². The summed E-state index contributed by atoms with van der Waals surface area (Å²) in [6, 6.07) is 6.61. The van der Waals surface area contributed by atoms with Crippen molar-refractivity contribution in [3.8, 4) is 0 Å². The van der Waals surface area contributed by atoms with E-state index in [4.69, 9.17) is 0 Å². The summed E-state index contributed by atoms with van der Waals surface area (Å²) >= 11 is 0. The molecule has 1 atom stereocenters. The van der Waals surface area contributed by atoms with Gasteiger partial charge in [-0.15, -0.1) is 0 Å². The van der Waals surface area contributed by atoms with Gasteiger partial charge in [-0.25, -0.2) is 0 Å². The summed E-state index contributed by atoms with van der Waals surface area (Å²) in [5.41, 5.74) is 1.11. The quantitative estimate of drug-likeness (QED) is 0.589. The highest BCUT2D eigenvalue weighted by Crippen LogP contribution is 2.17. The molecule has 2 heterocycles. The zero-order chi connectivity index (χ0) is 17.9. The van der Waals surface area contributed by atoms with Crippen LogP contribution in [0.2, 0.25) is 0 Å². The van der Waals surface area contributed by atoms with Crippen LogP contribution < -0.4 is 10.6 Å². The number of guanidine groups is 1. The third-order valence-electron chi connectivity index (χ3n) is 4.98. The van der Waals surface area contributed by atoms with E-state index in [1.807, 2.05) is 25.4 Å². The molecule has 2 rings (SSSR count). The van der Waals surface area contributed by atoms with Crippen LogP contribution in [0.3, 0.4) is 0 Å². The summed E-state index contributed by atoms with van der Waals surface area (Å²) in [5.74, 6) is 1.52. The lowest BCUT2D eigenvalue weighted by molar-refractivity contribution is 0.161. The second-order valence-electron chi connectivity index (χ2n) is 7.21. The molecule has 5 nitrogen and oxygen atoms in total. The fourth-order valence-electron chi connectivity index (χ4n) is 3.49. The van der Waals surface area contributed by atoms with E-state index in [2.05, 4.69) is 45.4 Å². The number of hydrogen-bond acceptors (Lipinski definition) is 3. The Kier molecular flexibility index (Phi) is 8.73. The van der Waals surface area contributed by atoms with Crippen molar-refractivity contribution in [2.45, 2.75) is 52.0 Å². The van der Waals surface area contributed by atoms with Crippen LogP contribution in [-0.4, -0.2) is 55.1 Å². The average molecular weight is 346 g/mol. The number of pyridine rings is 1. The van der Waals surface area contributed by atoms with Gasteiger partial charge in [-0.2, -0.15) is 0 Å². The highest BCUT2D eigenvalue weighted by atomic mass is 15.2. The molecule has 0 saturated carbocycles. The van der Waals surface area contributed by atoms with Gasteiger partial charge in [-0.1, -0.05) is 32.8 Å². The lowest BCUT2D eigenvalue weighted by atomic mass is 10.0. The number of nitrogens with zero attached hydrogens (tertiary/aromatic N) is 3. The monoisotopic (exact) mass is 345 g/mol. The molecule has 1 fully saturated rings. The van der Waals surface area contributed by atoms with Gasteiger partial charge in [0.05, 0.1) is 0 Å². The van der Waals surface area contributed by atoms with Crippen LogP contribution in [0.5, 0.6) is 0 Å². The molecule has 0 radical (unpaired) electrons. The second kappa shape index (κ2) is 11.1. The van der Waals surface area contributed by atoms with Gasteiger partial charge in [0.15, 0.2) is 5.96 Å². The van der Waals surface area contributed by atoms with Crippen LogP contribution in [0.15, 0.2) is 29.4 Å². The van der Waals surface area contributed by atoms with E-state index in [1.165, 1.54) is 38.8 Å². The predicted octanol–water partition coefficient (Wildman–Crippen LogP) is 2.69. The largest absolute Gasteiger partial charge is 0.356 e. The lowest BCUT2D eigenvalue weighted by Crippen LogP contribution is -2.50. The topological polar surface area (TPSA) is 52.6 Å². The number of nitrogens with one attached hydrogen (secondary N) is 2. The first-order chi connectivity index (χ1) is 12.2. The minimum atomic E-state index is 0.562. The molecule has 5 heteroatoms. The second-order valence-corrected chi connectivity index (χ2v) is 7.21. The van der Waals surface area contributed by atoms with E-state index in [1.54, 1.807) is 0 Å². The Morgan fingerprint density at radius 1 is 1.16 bits per heavy atom. The molecule has 0 aliphatic carbocycles. The molecule has 0 bridgehead atoms. The molecule has 1 unspecified atom stereocenters. The molecule has 1 aliphatic rings. The molecular formula is C20H35N5. The van der Waals surface area contributed by atoms with Crippen molar-refractivity contribution < 1.29 is 0 Å². The fraction of sp³-hybridized carbons (Fsp3) is 0.700. The fourth-order valence-corrected chi connectivity index (χ4v) is 3.49. The molecule has 0 amide bonds. The third-order valence-corrected chi connectivity index (χ3v) is 4.98. The highest BCUT2D eigenvalue weighted by Gasteiger charge is 2.22. The van der Waals surface area contributed by atoms with Crippen molar-refractivity contribution in [1.82, 2.24) is 20.5 Å². The number of rotatable bonds is 7. The Balaban J connectivity index is 1.78. The number of aromatic nitrogens is 1. The Morgan fingerprint density at radius 3 is 2.52 bits per heavy atom. The van der Waals surface area contributed by atoms with Crippen LogP contribution in [0.25, 0.3) is 0 Å².